The largest absolute Gasteiger partial charge is 0.382 e. The Hall–Kier alpha value is -1.34. The van der Waals surface area contributed by atoms with Gasteiger partial charge < -0.3 is 15.2 Å². The van der Waals surface area contributed by atoms with Gasteiger partial charge in [-0.05, 0) is 17.7 Å². The monoisotopic (exact) mass is 219 g/mol. The van der Waals surface area contributed by atoms with E-state index in [1.54, 1.807) is 7.11 Å². The summed E-state index contributed by atoms with van der Waals surface area (Å²) in [6.45, 7) is 2.24. The van der Waals surface area contributed by atoms with Crippen LogP contribution in [0.1, 0.15) is 11.1 Å². The van der Waals surface area contributed by atoms with Gasteiger partial charge in [-0.25, -0.2) is 0 Å². The highest BCUT2D eigenvalue weighted by molar-refractivity contribution is 5.36. The average Bonchev–Trinajstić information content (AvgIpc) is 2.33. The number of rotatable bonds is 5. The summed E-state index contributed by atoms with van der Waals surface area (Å²) >= 11 is 0. The zero-order chi connectivity index (χ0) is 11.6. The second-order valence-corrected chi connectivity index (χ2v) is 3.25. The van der Waals surface area contributed by atoms with E-state index in [9.17, 15) is 0 Å². The molecule has 0 spiro atoms. The van der Waals surface area contributed by atoms with Crippen molar-refractivity contribution in [1.82, 2.24) is 0 Å². The van der Waals surface area contributed by atoms with Gasteiger partial charge in [0, 0.05) is 12.7 Å². The molecule has 3 heteroatoms. The Kier molecular flexibility index (Phi) is 6.28. The van der Waals surface area contributed by atoms with Crippen LogP contribution in [-0.4, -0.2) is 26.9 Å². The van der Waals surface area contributed by atoms with E-state index in [1.807, 2.05) is 24.3 Å². The summed E-state index contributed by atoms with van der Waals surface area (Å²) in [7, 11) is 1.66. The van der Waals surface area contributed by atoms with Crippen LogP contribution in [0, 0.1) is 11.8 Å². The molecule has 0 fully saturated rings. The van der Waals surface area contributed by atoms with E-state index in [2.05, 4.69) is 11.8 Å². The second-order valence-electron chi connectivity index (χ2n) is 3.25. The third-order valence-corrected chi connectivity index (χ3v) is 1.99. The van der Waals surface area contributed by atoms with E-state index in [4.69, 9.17) is 15.2 Å². The van der Waals surface area contributed by atoms with Crippen molar-refractivity contribution in [2.45, 2.75) is 6.61 Å². The molecular weight excluding hydrogens is 202 g/mol. The zero-order valence-corrected chi connectivity index (χ0v) is 9.53. The summed E-state index contributed by atoms with van der Waals surface area (Å²) in [5.41, 5.74) is 7.41. The minimum absolute atomic E-state index is 0.391. The molecule has 1 rings (SSSR count). The van der Waals surface area contributed by atoms with Crippen LogP contribution in [0.2, 0.25) is 0 Å². The predicted octanol–water partition coefficient (Wildman–Crippen LogP) is 1.16. The minimum Gasteiger partial charge on any atom is -0.382 e. The summed E-state index contributed by atoms with van der Waals surface area (Å²) in [6, 6.07) is 7.95. The molecule has 0 bridgehead atoms. The molecule has 86 valence electrons. The molecule has 0 amide bonds. The van der Waals surface area contributed by atoms with Crippen LogP contribution in [-0.2, 0) is 16.1 Å². The lowest BCUT2D eigenvalue weighted by Crippen LogP contribution is -2.01. The molecule has 0 heterocycles. The van der Waals surface area contributed by atoms with Crippen LogP contribution in [0.25, 0.3) is 0 Å². The molecule has 1 aromatic carbocycles. The standard InChI is InChI=1S/C13H17NO2/c1-15-9-10-16-11-13-6-4-12(5-7-13)3-2-8-14/h4-7H,8-11,14H2,1H3. The Balaban J connectivity index is 2.39. The highest BCUT2D eigenvalue weighted by atomic mass is 16.5. The van der Waals surface area contributed by atoms with Crippen molar-refractivity contribution < 1.29 is 9.47 Å². The van der Waals surface area contributed by atoms with Crippen LogP contribution in [0.5, 0.6) is 0 Å². The zero-order valence-electron chi connectivity index (χ0n) is 9.53. The number of ether oxygens (including phenoxy) is 2. The number of methoxy groups -OCH3 is 1. The molecule has 16 heavy (non-hydrogen) atoms. The molecule has 0 aliphatic heterocycles. The molecule has 0 saturated carbocycles. The SMILES string of the molecule is COCCOCc1ccc(C#CCN)cc1. The number of benzene rings is 1. The first kappa shape index (κ1) is 12.7. The van der Waals surface area contributed by atoms with E-state index >= 15 is 0 Å². The van der Waals surface area contributed by atoms with Crippen molar-refractivity contribution in [2.75, 3.05) is 26.9 Å². The summed E-state index contributed by atoms with van der Waals surface area (Å²) in [6.07, 6.45) is 0. The van der Waals surface area contributed by atoms with Gasteiger partial charge in [-0.15, -0.1) is 0 Å². The van der Waals surface area contributed by atoms with Crippen LogP contribution in [0.3, 0.4) is 0 Å². The number of hydrogen-bond acceptors (Lipinski definition) is 3. The Morgan fingerprint density at radius 3 is 2.56 bits per heavy atom. The first-order valence-corrected chi connectivity index (χ1v) is 5.21. The lowest BCUT2D eigenvalue weighted by atomic mass is 10.1. The van der Waals surface area contributed by atoms with Crippen LogP contribution >= 0.6 is 0 Å². The van der Waals surface area contributed by atoms with E-state index in [0.29, 0.717) is 26.4 Å². The van der Waals surface area contributed by atoms with Crippen molar-refractivity contribution in [3.8, 4) is 11.8 Å². The van der Waals surface area contributed by atoms with Crippen molar-refractivity contribution in [3.05, 3.63) is 35.4 Å². The van der Waals surface area contributed by atoms with E-state index in [0.717, 1.165) is 11.1 Å². The highest BCUT2D eigenvalue weighted by Crippen LogP contribution is 2.04. The molecule has 0 saturated heterocycles. The van der Waals surface area contributed by atoms with Gasteiger partial charge in [0.2, 0.25) is 0 Å². The summed E-state index contributed by atoms with van der Waals surface area (Å²) in [5.74, 6) is 5.79. The number of nitrogens with two attached hydrogens (primary N) is 1. The molecular formula is C13H17NO2. The summed E-state index contributed by atoms with van der Waals surface area (Å²) in [4.78, 5) is 0. The van der Waals surface area contributed by atoms with Crippen molar-refractivity contribution in [1.29, 1.82) is 0 Å². The van der Waals surface area contributed by atoms with Gasteiger partial charge in [0.25, 0.3) is 0 Å². The minimum atomic E-state index is 0.391. The maximum absolute atomic E-state index is 5.40. The van der Waals surface area contributed by atoms with Gasteiger partial charge >= 0.3 is 0 Å². The van der Waals surface area contributed by atoms with Gasteiger partial charge in [-0.2, -0.15) is 0 Å². The first-order chi connectivity index (χ1) is 7.86. The van der Waals surface area contributed by atoms with Crippen molar-refractivity contribution in [2.24, 2.45) is 5.73 Å². The number of hydrogen-bond donors (Lipinski definition) is 1. The van der Waals surface area contributed by atoms with E-state index in [-0.39, 0.29) is 0 Å². The van der Waals surface area contributed by atoms with Crippen molar-refractivity contribution in [3.63, 3.8) is 0 Å². The first-order valence-electron chi connectivity index (χ1n) is 5.21. The average molecular weight is 219 g/mol. The maximum atomic E-state index is 5.40. The van der Waals surface area contributed by atoms with Crippen LogP contribution in [0.15, 0.2) is 24.3 Å². The van der Waals surface area contributed by atoms with E-state index in [1.165, 1.54) is 0 Å². The van der Waals surface area contributed by atoms with Gasteiger partial charge in [0.05, 0.1) is 26.4 Å². The lowest BCUT2D eigenvalue weighted by Gasteiger charge is -2.03. The molecule has 0 radical (unpaired) electrons. The van der Waals surface area contributed by atoms with Crippen LogP contribution < -0.4 is 5.73 Å². The fraction of sp³-hybridized carbons (Fsp3) is 0.385. The summed E-state index contributed by atoms with van der Waals surface area (Å²) in [5, 5.41) is 0. The highest BCUT2D eigenvalue weighted by Gasteiger charge is 1.93. The molecule has 0 aromatic heterocycles. The topological polar surface area (TPSA) is 44.5 Å². The molecule has 0 aliphatic rings. The smallest absolute Gasteiger partial charge is 0.0718 e. The van der Waals surface area contributed by atoms with E-state index < -0.39 is 0 Å². The van der Waals surface area contributed by atoms with Gasteiger partial charge in [-0.3, -0.25) is 0 Å². The Labute approximate surface area is 96.6 Å². The third kappa shape index (κ3) is 4.94. The quantitative estimate of drug-likeness (QED) is 0.597. The normalized spacial score (nSPS) is 9.62. The molecule has 0 atom stereocenters. The second kappa shape index (κ2) is 7.89. The Morgan fingerprint density at radius 2 is 1.94 bits per heavy atom. The Bertz CT molecular complexity index is 348. The molecule has 0 unspecified atom stereocenters. The fourth-order valence-electron chi connectivity index (χ4n) is 1.17. The van der Waals surface area contributed by atoms with Gasteiger partial charge in [0.15, 0.2) is 0 Å². The molecule has 3 nitrogen and oxygen atoms in total. The summed E-state index contributed by atoms with van der Waals surface area (Å²) < 4.78 is 10.3. The van der Waals surface area contributed by atoms with Crippen molar-refractivity contribution >= 4 is 0 Å². The maximum Gasteiger partial charge on any atom is 0.0718 e. The molecule has 0 aliphatic carbocycles. The van der Waals surface area contributed by atoms with Gasteiger partial charge in [0.1, 0.15) is 0 Å². The lowest BCUT2D eigenvalue weighted by molar-refractivity contribution is 0.0616. The Morgan fingerprint density at radius 1 is 1.19 bits per heavy atom. The molecule has 1 aromatic rings. The fourth-order valence-corrected chi connectivity index (χ4v) is 1.17. The molecule has 2 N–H and O–H groups in total. The third-order valence-electron chi connectivity index (χ3n) is 1.99. The van der Waals surface area contributed by atoms with Gasteiger partial charge in [-0.1, -0.05) is 24.0 Å². The van der Waals surface area contributed by atoms with Crippen LogP contribution in [0.4, 0.5) is 0 Å². The predicted molar refractivity (Wildman–Crippen MR) is 63.9 cm³/mol.